The molecule has 0 atom stereocenters. The molecule has 0 aliphatic heterocycles. The topological polar surface area (TPSA) is 33.2 Å². The van der Waals surface area contributed by atoms with Gasteiger partial charge in [0.25, 0.3) is 0 Å². The highest BCUT2D eigenvalue weighted by Gasteiger charge is 2.03. The molecule has 0 amide bonds. The minimum absolute atomic E-state index is 0.627. The highest BCUT2D eigenvalue weighted by molar-refractivity contribution is 5.50. The van der Waals surface area contributed by atoms with Crippen molar-refractivity contribution in [2.24, 2.45) is 0 Å². The molecule has 0 N–H and O–H groups in total. The number of aromatic nitrogens is 1. The Labute approximate surface area is 84.8 Å². The predicted molar refractivity (Wildman–Crippen MR) is 57.6 cm³/mol. The van der Waals surface area contributed by atoms with E-state index in [-0.39, 0.29) is 0 Å². The van der Waals surface area contributed by atoms with Crippen LogP contribution >= 0.6 is 0 Å². The van der Waals surface area contributed by atoms with Gasteiger partial charge in [-0.05, 0) is 24.5 Å². The molecule has 3 heteroatoms. The first kappa shape index (κ1) is 10.7. The fraction of sp³-hybridized carbons (Fsp3) is 0.455. The van der Waals surface area contributed by atoms with E-state index in [1.165, 1.54) is 5.56 Å². The quantitative estimate of drug-likeness (QED) is 0.525. The summed E-state index contributed by atoms with van der Waals surface area (Å²) in [4.78, 5) is 16.5. The summed E-state index contributed by atoms with van der Waals surface area (Å²) in [5.41, 5.74) is 1.21. The summed E-state index contributed by atoms with van der Waals surface area (Å²) in [6.07, 6.45) is 5.20. The fourth-order valence-corrected chi connectivity index (χ4v) is 1.40. The maximum absolute atomic E-state index is 10.2. The first-order chi connectivity index (χ1) is 6.75. The van der Waals surface area contributed by atoms with Gasteiger partial charge in [0.15, 0.2) is 0 Å². The smallest absolute Gasteiger partial charge is 0.131 e. The van der Waals surface area contributed by atoms with Crippen molar-refractivity contribution in [2.75, 3.05) is 19.0 Å². The number of rotatable bonds is 5. The van der Waals surface area contributed by atoms with E-state index in [1.54, 1.807) is 6.20 Å². The van der Waals surface area contributed by atoms with Crippen molar-refractivity contribution in [1.29, 1.82) is 0 Å². The highest BCUT2D eigenvalue weighted by atomic mass is 16.1. The van der Waals surface area contributed by atoms with Gasteiger partial charge in [-0.25, -0.2) is 4.98 Å². The number of aryl methyl sites for hydroxylation is 1. The maximum atomic E-state index is 10.2. The first-order valence-electron chi connectivity index (χ1n) is 4.80. The Balaban J connectivity index is 2.69. The van der Waals surface area contributed by atoms with E-state index in [0.717, 1.165) is 24.9 Å². The molecule has 1 heterocycles. The number of pyridine rings is 1. The van der Waals surface area contributed by atoms with Gasteiger partial charge >= 0.3 is 0 Å². The van der Waals surface area contributed by atoms with E-state index in [1.807, 2.05) is 25.1 Å². The zero-order chi connectivity index (χ0) is 10.4. The van der Waals surface area contributed by atoms with Crippen molar-refractivity contribution < 1.29 is 4.79 Å². The van der Waals surface area contributed by atoms with Gasteiger partial charge in [0, 0.05) is 26.7 Å². The van der Waals surface area contributed by atoms with Crippen molar-refractivity contribution in [3.63, 3.8) is 0 Å². The Hall–Kier alpha value is -1.38. The third-order valence-corrected chi connectivity index (χ3v) is 2.06. The summed E-state index contributed by atoms with van der Waals surface area (Å²) >= 11 is 0. The monoisotopic (exact) mass is 192 g/mol. The first-order valence-corrected chi connectivity index (χ1v) is 4.80. The van der Waals surface area contributed by atoms with Gasteiger partial charge < -0.3 is 9.69 Å². The van der Waals surface area contributed by atoms with Gasteiger partial charge in [0.1, 0.15) is 12.1 Å². The lowest BCUT2D eigenvalue weighted by Crippen LogP contribution is -2.13. The van der Waals surface area contributed by atoms with Crippen molar-refractivity contribution in [1.82, 2.24) is 4.98 Å². The van der Waals surface area contributed by atoms with Gasteiger partial charge in [-0.1, -0.05) is 6.07 Å². The van der Waals surface area contributed by atoms with E-state index in [9.17, 15) is 4.79 Å². The second kappa shape index (κ2) is 5.37. The van der Waals surface area contributed by atoms with Gasteiger partial charge in [0.2, 0.25) is 0 Å². The molecule has 14 heavy (non-hydrogen) atoms. The zero-order valence-electron chi connectivity index (χ0n) is 8.73. The molecule has 0 radical (unpaired) electrons. The van der Waals surface area contributed by atoms with Gasteiger partial charge in [-0.2, -0.15) is 0 Å². The van der Waals surface area contributed by atoms with E-state index in [2.05, 4.69) is 11.1 Å². The average molecular weight is 192 g/mol. The molecule has 0 aliphatic rings. The summed E-state index contributed by atoms with van der Waals surface area (Å²) in [6.45, 7) is 0. The minimum atomic E-state index is 0.627. The molecule has 0 spiro atoms. The molecular weight excluding hydrogens is 176 g/mol. The second-order valence-electron chi connectivity index (χ2n) is 3.44. The lowest BCUT2D eigenvalue weighted by molar-refractivity contribution is -0.107. The summed E-state index contributed by atoms with van der Waals surface area (Å²) in [6, 6.07) is 4.00. The molecular formula is C11H16N2O. The third-order valence-electron chi connectivity index (χ3n) is 2.06. The molecule has 0 fully saturated rings. The van der Waals surface area contributed by atoms with Crippen LogP contribution in [0.4, 0.5) is 5.82 Å². The molecule has 0 saturated carbocycles. The highest BCUT2D eigenvalue weighted by Crippen LogP contribution is 2.16. The SMILES string of the molecule is CN(C)c1ncccc1CCCC=O. The third kappa shape index (κ3) is 2.83. The summed E-state index contributed by atoms with van der Waals surface area (Å²) in [5, 5.41) is 0. The number of carbonyl (C=O) groups is 1. The average Bonchev–Trinajstić information content (AvgIpc) is 2.19. The van der Waals surface area contributed by atoms with E-state index in [4.69, 9.17) is 0 Å². The number of aldehydes is 1. The lowest BCUT2D eigenvalue weighted by Gasteiger charge is -2.15. The van der Waals surface area contributed by atoms with Crippen LogP contribution in [0.2, 0.25) is 0 Å². The van der Waals surface area contributed by atoms with Crippen LogP contribution in [-0.2, 0) is 11.2 Å². The normalized spacial score (nSPS) is 9.86. The van der Waals surface area contributed by atoms with Crippen LogP contribution in [0.1, 0.15) is 18.4 Å². The van der Waals surface area contributed by atoms with Gasteiger partial charge in [-0.15, -0.1) is 0 Å². The molecule has 1 aromatic rings. The zero-order valence-corrected chi connectivity index (χ0v) is 8.73. The second-order valence-corrected chi connectivity index (χ2v) is 3.44. The number of anilines is 1. The molecule has 0 bridgehead atoms. The van der Waals surface area contributed by atoms with Crippen LogP contribution in [0.5, 0.6) is 0 Å². The van der Waals surface area contributed by atoms with Crippen molar-refractivity contribution in [2.45, 2.75) is 19.3 Å². The molecule has 0 saturated heterocycles. The van der Waals surface area contributed by atoms with Crippen LogP contribution in [-0.4, -0.2) is 25.4 Å². The Kier molecular flexibility index (Phi) is 4.11. The van der Waals surface area contributed by atoms with Gasteiger partial charge in [0.05, 0.1) is 0 Å². The number of carbonyl (C=O) groups excluding carboxylic acids is 1. The summed E-state index contributed by atoms with van der Waals surface area (Å²) < 4.78 is 0. The van der Waals surface area contributed by atoms with E-state index in [0.29, 0.717) is 6.42 Å². The molecule has 76 valence electrons. The molecule has 0 aliphatic carbocycles. The standard InChI is InChI=1S/C11H16N2O/c1-13(2)11-10(6-3-4-9-14)7-5-8-12-11/h5,7-9H,3-4,6H2,1-2H3. The lowest BCUT2D eigenvalue weighted by atomic mass is 10.1. The van der Waals surface area contributed by atoms with Crippen LogP contribution in [0.3, 0.4) is 0 Å². The minimum Gasteiger partial charge on any atom is -0.363 e. The number of hydrogen-bond donors (Lipinski definition) is 0. The molecule has 1 rings (SSSR count). The fourth-order valence-electron chi connectivity index (χ4n) is 1.40. The van der Waals surface area contributed by atoms with Crippen molar-refractivity contribution in [3.8, 4) is 0 Å². The number of unbranched alkanes of at least 4 members (excludes halogenated alkanes) is 1. The Morgan fingerprint density at radius 2 is 2.29 bits per heavy atom. The van der Waals surface area contributed by atoms with E-state index < -0.39 is 0 Å². The maximum Gasteiger partial charge on any atom is 0.131 e. The van der Waals surface area contributed by atoms with E-state index >= 15 is 0 Å². The number of nitrogens with zero attached hydrogens (tertiary/aromatic N) is 2. The Morgan fingerprint density at radius 1 is 1.50 bits per heavy atom. The molecule has 0 unspecified atom stereocenters. The predicted octanol–water partition coefficient (Wildman–Crippen LogP) is 1.67. The molecule has 3 nitrogen and oxygen atoms in total. The van der Waals surface area contributed by atoms with Crippen LogP contribution in [0.25, 0.3) is 0 Å². The molecule has 1 aromatic heterocycles. The Bertz CT molecular complexity index is 297. The largest absolute Gasteiger partial charge is 0.363 e. The van der Waals surface area contributed by atoms with Crippen LogP contribution < -0.4 is 4.90 Å². The Morgan fingerprint density at radius 3 is 2.93 bits per heavy atom. The van der Waals surface area contributed by atoms with Crippen LogP contribution in [0.15, 0.2) is 18.3 Å². The van der Waals surface area contributed by atoms with Gasteiger partial charge in [-0.3, -0.25) is 0 Å². The van der Waals surface area contributed by atoms with Crippen molar-refractivity contribution >= 4 is 12.1 Å². The van der Waals surface area contributed by atoms with Crippen LogP contribution in [0, 0.1) is 0 Å². The number of hydrogen-bond acceptors (Lipinski definition) is 3. The summed E-state index contributed by atoms with van der Waals surface area (Å²) in [7, 11) is 3.96. The molecule has 0 aromatic carbocycles. The van der Waals surface area contributed by atoms with Crippen molar-refractivity contribution in [3.05, 3.63) is 23.9 Å². The summed E-state index contributed by atoms with van der Waals surface area (Å²) in [5.74, 6) is 0.999.